The highest BCUT2D eigenvalue weighted by molar-refractivity contribution is 5.37. The second-order valence-electron chi connectivity index (χ2n) is 4.80. The monoisotopic (exact) mass is 206 g/mol. The second kappa shape index (κ2) is 3.72. The minimum atomic E-state index is -0.0203. The van der Waals surface area contributed by atoms with Crippen LogP contribution >= 0.6 is 0 Å². The van der Waals surface area contributed by atoms with E-state index in [1.54, 1.807) is 6.07 Å². The molecular formula is C12H18N2O. The van der Waals surface area contributed by atoms with Crippen LogP contribution in [0.15, 0.2) is 16.9 Å². The van der Waals surface area contributed by atoms with E-state index in [0.717, 1.165) is 6.54 Å². The molecule has 1 aliphatic carbocycles. The summed E-state index contributed by atoms with van der Waals surface area (Å²) in [5, 5.41) is 0. The van der Waals surface area contributed by atoms with Crippen LogP contribution in [-0.2, 0) is 6.54 Å². The first-order valence-electron chi connectivity index (χ1n) is 5.59. The van der Waals surface area contributed by atoms with Gasteiger partial charge < -0.3 is 10.3 Å². The lowest BCUT2D eigenvalue weighted by molar-refractivity contribution is 0.497. The van der Waals surface area contributed by atoms with Crippen molar-refractivity contribution in [3.05, 3.63) is 28.2 Å². The van der Waals surface area contributed by atoms with Crippen LogP contribution in [0.3, 0.4) is 0 Å². The molecule has 1 heterocycles. The van der Waals surface area contributed by atoms with E-state index in [1.165, 1.54) is 18.5 Å². The fourth-order valence-corrected chi connectivity index (χ4v) is 1.90. The lowest BCUT2D eigenvalue weighted by atomic mass is 10.2. The second-order valence-corrected chi connectivity index (χ2v) is 4.80. The van der Waals surface area contributed by atoms with Gasteiger partial charge >= 0.3 is 0 Å². The molecule has 0 bridgehead atoms. The molecule has 2 rings (SSSR count). The maximum absolute atomic E-state index is 11.9. The maximum atomic E-state index is 11.9. The molecular weight excluding hydrogens is 188 g/mol. The number of nitrogens with zero attached hydrogens (tertiary/aromatic N) is 1. The minimum Gasteiger partial charge on any atom is -0.394 e. The highest BCUT2D eigenvalue weighted by Crippen LogP contribution is 2.39. The Morgan fingerprint density at radius 1 is 1.47 bits per heavy atom. The lowest BCUT2D eigenvalue weighted by Gasteiger charge is -2.15. The normalized spacial score (nSPS) is 15.9. The van der Waals surface area contributed by atoms with Crippen molar-refractivity contribution in [3.8, 4) is 0 Å². The summed E-state index contributed by atoms with van der Waals surface area (Å²) in [6.45, 7) is 5.01. The molecule has 15 heavy (non-hydrogen) atoms. The van der Waals surface area contributed by atoms with Gasteiger partial charge in [-0.15, -0.1) is 0 Å². The van der Waals surface area contributed by atoms with Gasteiger partial charge in [0.1, 0.15) is 0 Å². The molecule has 0 spiro atoms. The van der Waals surface area contributed by atoms with E-state index in [4.69, 9.17) is 5.73 Å². The predicted octanol–water partition coefficient (Wildman–Crippen LogP) is 1.96. The first-order valence-corrected chi connectivity index (χ1v) is 5.59. The van der Waals surface area contributed by atoms with E-state index in [2.05, 4.69) is 13.8 Å². The highest BCUT2D eigenvalue weighted by Gasteiger charge is 2.27. The van der Waals surface area contributed by atoms with Gasteiger partial charge in [-0.1, -0.05) is 13.8 Å². The van der Waals surface area contributed by atoms with Crippen LogP contribution < -0.4 is 11.3 Å². The average molecular weight is 206 g/mol. The van der Waals surface area contributed by atoms with E-state index in [9.17, 15) is 4.79 Å². The van der Waals surface area contributed by atoms with Crippen molar-refractivity contribution in [1.29, 1.82) is 0 Å². The van der Waals surface area contributed by atoms with Crippen LogP contribution in [0.2, 0.25) is 0 Å². The smallest absolute Gasteiger partial charge is 0.273 e. The van der Waals surface area contributed by atoms with Crippen molar-refractivity contribution >= 4 is 5.69 Å². The Balaban J connectivity index is 2.45. The zero-order chi connectivity index (χ0) is 11.0. The fourth-order valence-electron chi connectivity index (χ4n) is 1.90. The lowest BCUT2D eigenvalue weighted by Crippen LogP contribution is -2.27. The molecule has 0 unspecified atom stereocenters. The molecule has 3 heteroatoms. The third kappa shape index (κ3) is 2.06. The van der Waals surface area contributed by atoms with Crippen molar-refractivity contribution in [2.24, 2.45) is 5.92 Å². The van der Waals surface area contributed by atoms with E-state index in [1.807, 2.05) is 10.6 Å². The molecule has 1 aliphatic rings. The molecule has 82 valence electrons. The molecule has 1 saturated carbocycles. The van der Waals surface area contributed by atoms with Gasteiger partial charge in [0.25, 0.3) is 5.56 Å². The summed E-state index contributed by atoms with van der Waals surface area (Å²) in [5.41, 5.74) is 7.16. The van der Waals surface area contributed by atoms with Crippen molar-refractivity contribution in [2.45, 2.75) is 39.2 Å². The van der Waals surface area contributed by atoms with Crippen LogP contribution in [-0.4, -0.2) is 4.57 Å². The third-order valence-electron chi connectivity index (χ3n) is 2.78. The minimum absolute atomic E-state index is 0.0203. The van der Waals surface area contributed by atoms with E-state index in [-0.39, 0.29) is 5.56 Å². The van der Waals surface area contributed by atoms with Crippen molar-refractivity contribution < 1.29 is 0 Å². The Morgan fingerprint density at radius 3 is 2.67 bits per heavy atom. The van der Waals surface area contributed by atoms with E-state index >= 15 is 0 Å². The van der Waals surface area contributed by atoms with Gasteiger partial charge in [-0.2, -0.15) is 0 Å². The van der Waals surface area contributed by atoms with Gasteiger partial charge in [-0.25, -0.2) is 0 Å². The van der Waals surface area contributed by atoms with Gasteiger partial charge in [-0.3, -0.25) is 4.79 Å². The fraction of sp³-hybridized carbons (Fsp3) is 0.583. The summed E-state index contributed by atoms with van der Waals surface area (Å²) in [6.07, 6.45) is 2.42. The quantitative estimate of drug-likeness (QED) is 0.821. The average Bonchev–Trinajstić information content (AvgIpc) is 2.96. The van der Waals surface area contributed by atoms with Gasteiger partial charge in [-0.05, 0) is 36.8 Å². The molecule has 1 aromatic heterocycles. The Bertz CT molecular complexity index is 416. The molecule has 0 atom stereocenters. The van der Waals surface area contributed by atoms with E-state index in [0.29, 0.717) is 17.5 Å². The van der Waals surface area contributed by atoms with Gasteiger partial charge in [0.15, 0.2) is 0 Å². The maximum Gasteiger partial charge on any atom is 0.273 e. The number of anilines is 1. The Kier molecular flexibility index (Phi) is 2.55. The number of nitrogens with two attached hydrogens (primary N) is 1. The van der Waals surface area contributed by atoms with Crippen molar-refractivity contribution in [1.82, 2.24) is 4.57 Å². The van der Waals surface area contributed by atoms with Gasteiger partial charge in [0.05, 0.1) is 5.69 Å². The molecule has 2 N–H and O–H groups in total. The zero-order valence-electron chi connectivity index (χ0n) is 9.36. The van der Waals surface area contributed by atoms with Crippen molar-refractivity contribution in [2.75, 3.05) is 5.73 Å². The summed E-state index contributed by atoms with van der Waals surface area (Å²) in [4.78, 5) is 11.9. The number of nitrogen functional groups attached to an aromatic ring is 1. The number of hydrogen-bond acceptors (Lipinski definition) is 2. The molecule has 3 nitrogen and oxygen atoms in total. The summed E-state index contributed by atoms with van der Waals surface area (Å²) in [7, 11) is 0. The SMILES string of the molecule is CC(C)Cn1c(C2CC2)ccc(N)c1=O. The Hall–Kier alpha value is -1.25. The van der Waals surface area contributed by atoms with E-state index < -0.39 is 0 Å². The highest BCUT2D eigenvalue weighted by atomic mass is 16.1. The number of rotatable bonds is 3. The van der Waals surface area contributed by atoms with Crippen LogP contribution in [0.1, 0.15) is 38.3 Å². The van der Waals surface area contributed by atoms with Crippen LogP contribution in [0.25, 0.3) is 0 Å². The number of hydrogen-bond donors (Lipinski definition) is 1. The molecule has 0 aliphatic heterocycles. The predicted molar refractivity (Wildman–Crippen MR) is 61.9 cm³/mol. The molecule has 0 saturated heterocycles. The van der Waals surface area contributed by atoms with Gasteiger partial charge in [0.2, 0.25) is 0 Å². The standard InChI is InChI=1S/C12H18N2O/c1-8(2)7-14-11(9-3-4-9)6-5-10(13)12(14)15/h5-6,8-9H,3-4,7,13H2,1-2H3. The van der Waals surface area contributed by atoms with Crippen LogP contribution in [0.4, 0.5) is 5.69 Å². The molecule has 0 amide bonds. The van der Waals surface area contributed by atoms with Crippen molar-refractivity contribution in [3.63, 3.8) is 0 Å². The van der Waals surface area contributed by atoms with Crippen LogP contribution in [0, 0.1) is 5.92 Å². The first kappa shape index (κ1) is 10.3. The zero-order valence-corrected chi connectivity index (χ0v) is 9.36. The summed E-state index contributed by atoms with van der Waals surface area (Å²) in [5.74, 6) is 1.07. The molecule has 1 fully saturated rings. The van der Waals surface area contributed by atoms with Crippen LogP contribution in [0.5, 0.6) is 0 Å². The summed E-state index contributed by atoms with van der Waals surface area (Å²) < 4.78 is 1.86. The topological polar surface area (TPSA) is 48.0 Å². The molecule has 0 radical (unpaired) electrons. The Labute approximate surface area is 89.9 Å². The summed E-state index contributed by atoms with van der Waals surface area (Å²) >= 11 is 0. The number of pyridine rings is 1. The first-order chi connectivity index (χ1) is 7.09. The molecule has 1 aromatic rings. The summed E-state index contributed by atoms with van der Waals surface area (Å²) in [6, 6.07) is 3.75. The molecule has 0 aromatic carbocycles. The number of aromatic nitrogens is 1. The van der Waals surface area contributed by atoms with Gasteiger partial charge in [0, 0.05) is 12.2 Å². The third-order valence-corrected chi connectivity index (χ3v) is 2.78. The largest absolute Gasteiger partial charge is 0.394 e. The Morgan fingerprint density at radius 2 is 2.13 bits per heavy atom.